The van der Waals surface area contributed by atoms with Gasteiger partial charge in [-0.2, -0.15) is 0 Å². The highest BCUT2D eigenvalue weighted by molar-refractivity contribution is 5.69. The van der Waals surface area contributed by atoms with E-state index in [0.29, 0.717) is 13.0 Å². The van der Waals surface area contributed by atoms with Crippen molar-refractivity contribution >= 4 is 6.09 Å². The monoisotopic (exact) mass is 270 g/mol. The average molecular weight is 270 g/mol. The summed E-state index contributed by atoms with van der Waals surface area (Å²) in [5.41, 5.74) is 6.54. The Morgan fingerprint density at radius 3 is 2.68 bits per heavy atom. The van der Waals surface area contributed by atoms with Crippen molar-refractivity contribution in [2.24, 2.45) is 5.11 Å². The van der Waals surface area contributed by atoms with E-state index in [0.717, 1.165) is 6.42 Å². The molecular weight excluding hydrogens is 248 g/mol. The first-order chi connectivity index (χ1) is 8.67. The third-order valence-corrected chi connectivity index (χ3v) is 3.05. The third-order valence-electron chi connectivity index (χ3n) is 3.05. The molecule has 1 aliphatic heterocycles. The lowest BCUT2D eigenvalue weighted by atomic mass is 9.94. The molecule has 1 amide bonds. The Morgan fingerprint density at radius 1 is 1.53 bits per heavy atom. The van der Waals surface area contributed by atoms with Gasteiger partial charge in [0.15, 0.2) is 0 Å². The molecule has 2 unspecified atom stereocenters. The molecular formula is C12H22N4O3. The van der Waals surface area contributed by atoms with Crippen molar-refractivity contribution in [1.82, 2.24) is 4.90 Å². The second-order valence-electron chi connectivity index (χ2n) is 6.08. The normalized spacial score (nSPS) is 22.6. The number of likely N-dealkylation sites (tertiary alicyclic amines) is 1. The Labute approximate surface area is 113 Å². The zero-order valence-electron chi connectivity index (χ0n) is 12.0. The maximum Gasteiger partial charge on any atom is 0.410 e. The molecule has 19 heavy (non-hydrogen) atoms. The lowest BCUT2D eigenvalue weighted by Crippen LogP contribution is -2.52. The highest BCUT2D eigenvalue weighted by atomic mass is 16.6. The van der Waals surface area contributed by atoms with Crippen molar-refractivity contribution in [2.75, 3.05) is 13.1 Å². The number of ether oxygens (including phenoxy) is 1. The number of carbonyl (C=O) groups is 1. The highest BCUT2D eigenvalue weighted by Gasteiger charge is 2.42. The van der Waals surface area contributed by atoms with Gasteiger partial charge in [0.2, 0.25) is 0 Å². The standard InChI is InChI=1S/C12H22N4O3/c1-11(2,3)19-10(17)16-7-5-6-9(16)12(4,18)8-14-15-13/h9,18H,5-8H2,1-4H3. The van der Waals surface area contributed by atoms with Crippen molar-refractivity contribution in [3.05, 3.63) is 10.4 Å². The smallest absolute Gasteiger partial charge is 0.410 e. The third kappa shape index (κ3) is 4.29. The second kappa shape index (κ2) is 5.67. The summed E-state index contributed by atoms with van der Waals surface area (Å²) in [7, 11) is 0. The van der Waals surface area contributed by atoms with Gasteiger partial charge in [-0.3, -0.25) is 0 Å². The number of aliphatic hydroxyl groups is 1. The van der Waals surface area contributed by atoms with E-state index >= 15 is 0 Å². The molecule has 1 saturated heterocycles. The number of azide groups is 1. The van der Waals surface area contributed by atoms with E-state index in [4.69, 9.17) is 10.3 Å². The summed E-state index contributed by atoms with van der Waals surface area (Å²) in [6, 6.07) is -0.382. The van der Waals surface area contributed by atoms with E-state index in [1.165, 1.54) is 4.90 Å². The molecule has 0 aromatic carbocycles. The zero-order chi connectivity index (χ0) is 14.7. The van der Waals surface area contributed by atoms with Crippen LogP contribution in [0, 0.1) is 0 Å². The molecule has 0 saturated carbocycles. The minimum Gasteiger partial charge on any atom is -0.444 e. The molecule has 1 N–H and O–H groups in total. The minimum absolute atomic E-state index is 0.0620. The van der Waals surface area contributed by atoms with Crippen LogP contribution in [0.3, 0.4) is 0 Å². The van der Waals surface area contributed by atoms with Crippen molar-refractivity contribution in [3.63, 3.8) is 0 Å². The largest absolute Gasteiger partial charge is 0.444 e. The number of hydrogen-bond acceptors (Lipinski definition) is 4. The van der Waals surface area contributed by atoms with Gasteiger partial charge in [-0.1, -0.05) is 5.11 Å². The van der Waals surface area contributed by atoms with Crippen LogP contribution in [-0.2, 0) is 4.74 Å². The summed E-state index contributed by atoms with van der Waals surface area (Å²) in [6.45, 7) is 7.46. The van der Waals surface area contributed by atoms with Crippen LogP contribution in [0.5, 0.6) is 0 Å². The summed E-state index contributed by atoms with van der Waals surface area (Å²) < 4.78 is 5.32. The average Bonchev–Trinajstić information content (AvgIpc) is 2.73. The lowest BCUT2D eigenvalue weighted by Gasteiger charge is -2.36. The summed E-state index contributed by atoms with van der Waals surface area (Å²) in [5, 5.41) is 13.8. The van der Waals surface area contributed by atoms with Crippen LogP contribution in [-0.4, -0.2) is 46.4 Å². The minimum atomic E-state index is -1.24. The van der Waals surface area contributed by atoms with E-state index in [-0.39, 0.29) is 12.6 Å². The molecule has 7 nitrogen and oxygen atoms in total. The van der Waals surface area contributed by atoms with Gasteiger partial charge in [0.25, 0.3) is 0 Å². The number of carbonyl (C=O) groups excluding carboxylic acids is 1. The number of rotatable bonds is 3. The fraction of sp³-hybridized carbons (Fsp3) is 0.917. The number of amides is 1. The Kier molecular flexibility index (Phi) is 4.66. The molecule has 1 fully saturated rings. The van der Waals surface area contributed by atoms with Crippen molar-refractivity contribution in [2.45, 2.75) is 57.8 Å². The van der Waals surface area contributed by atoms with Gasteiger partial charge in [-0.05, 0) is 46.1 Å². The summed E-state index contributed by atoms with van der Waals surface area (Å²) in [4.78, 5) is 16.3. The van der Waals surface area contributed by atoms with Crippen LogP contribution in [0.2, 0.25) is 0 Å². The maximum absolute atomic E-state index is 12.1. The Balaban J connectivity index is 2.78. The first-order valence-electron chi connectivity index (χ1n) is 6.40. The molecule has 0 aromatic rings. The number of nitrogens with zero attached hydrogens (tertiary/aromatic N) is 4. The predicted octanol–water partition coefficient (Wildman–Crippen LogP) is 2.45. The molecule has 1 rings (SSSR count). The van der Waals surface area contributed by atoms with E-state index in [1.807, 2.05) is 0 Å². The SMILES string of the molecule is CC(C)(C)OC(=O)N1CCCC1C(C)(O)CN=[N+]=[N-]. The predicted molar refractivity (Wildman–Crippen MR) is 70.6 cm³/mol. The molecule has 2 atom stereocenters. The molecule has 108 valence electrons. The Bertz CT molecular complexity index is 383. The second-order valence-corrected chi connectivity index (χ2v) is 6.08. The van der Waals surface area contributed by atoms with Gasteiger partial charge in [-0.25, -0.2) is 4.79 Å². The van der Waals surface area contributed by atoms with E-state index in [2.05, 4.69) is 10.0 Å². The number of hydrogen-bond donors (Lipinski definition) is 1. The molecule has 0 aromatic heterocycles. The van der Waals surface area contributed by atoms with Gasteiger partial charge in [0.05, 0.1) is 18.2 Å². The van der Waals surface area contributed by atoms with E-state index < -0.39 is 17.3 Å². The highest BCUT2D eigenvalue weighted by Crippen LogP contribution is 2.29. The Hall–Kier alpha value is -1.46. The van der Waals surface area contributed by atoms with Crippen LogP contribution in [0.25, 0.3) is 10.4 Å². The molecule has 7 heteroatoms. The van der Waals surface area contributed by atoms with Crippen LogP contribution in [0.1, 0.15) is 40.5 Å². The van der Waals surface area contributed by atoms with Gasteiger partial charge in [-0.15, -0.1) is 0 Å². The summed E-state index contributed by atoms with van der Waals surface area (Å²) in [5.74, 6) is 0. The van der Waals surface area contributed by atoms with Gasteiger partial charge < -0.3 is 14.7 Å². The summed E-state index contributed by atoms with van der Waals surface area (Å²) >= 11 is 0. The van der Waals surface area contributed by atoms with Crippen LogP contribution < -0.4 is 0 Å². The fourth-order valence-corrected chi connectivity index (χ4v) is 2.23. The van der Waals surface area contributed by atoms with E-state index in [9.17, 15) is 9.90 Å². The first kappa shape index (κ1) is 15.6. The van der Waals surface area contributed by atoms with Gasteiger partial charge in [0.1, 0.15) is 5.60 Å². The lowest BCUT2D eigenvalue weighted by molar-refractivity contribution is -0.0286. The van der Waals surface area contributed by atoms with Gasteiger partial charge in [0, 0.05) is 11.5 Å². The zero-order valence-corrected chi connectivity index (χ0v) is 12.0. The van der Waals surface area contributed by atoms with Gasteiger partial charge >= 0.3 is 6.09 Å². The molecule has 1 heterocycles. The first-order valence-corrected chi connectivity index (χ1v) is 6.40. The Morgan fingerprint density at radius 2 is 2.16 bits per heavy atom. The van der Waals surface area contributed by atoms with Crippen LogP contribution in [0.15, 0.2) is 5.11 Å². The summed E-state index contributed by atoms with van der Waals surface area (Å²) in [6.07, 6.45) is 1.04. The van der Waals surface area contributed by atoms with Crippen molar-refractivity contribution in [3.8, 4) is 0 Å². The van der Waals surface area contributed by atoms with Crippen LogP contribution >= 0.6 is 0 Å². The molecule has 0 aliphatic carbocycles. The maximum atomic E-state index is 12.1. The molecule has 0 radical (unpaired) electrons. The molecule has 0 spiro atoms. The van der Waals surface area contributed by atoms with Crippen molar-refractivity contribution < 1.29 is 14.6 Å². The topological polar surface area (TPSA) is 98.5 Å². The quantitative estimate of drug-likeness (QED) is 0.484. The fourth-order valence-electron chi connectivity index (χ4n) is 2.23. The molecule has 0 bridgehead atoms. The van der Waals surface area contributed by atoms with E-state index in [1.54, 1.807) is 27.7 Å². The van der Waals surface area contributed by atoms with Crippen LogP contribution in [0.4, 0.5) is 4.79 Å². The molecule has 1 aliphatic rings. The van der Waals surface area contributed by atoms with Crippen molar-refractivity contribution in [1.29, 1.82) is 0 Å².